The Kier molecular flexibility index (Phi) is 7.54. The molecule has 0 amide bonds. The monoisotopic (exact) mass is 474 g/mol. The first-order chi connectivity index (χ1) is 17.0. The maximum atomic E-state index is 13.2. The summed E-state index contributed by atoms with van der Waals surface area (Å²) < 4.78 is 24.4. The Morgan fingerprint density at radius 2 is 1.83 bits per heavy atom. The number of carboxylic acids is 1. The lowest BCUT2D eigenvalue weighted by atomic mass is 9.99. The number of hydrogen-bond donors (Lipinski definition) is 2. The molecule has 4 aromatic rings. The molecule has 1 heterocycles. The minimum absolute atomic E-state index is 0.108. The van der Waals surface area contributed by atoms with Crippen LogP contribution in [0.5, 0.6) is 5.75 Å². The average Bonchev–Trinajstić information content (AvgIpc) is 3.37. The molecule has 0 saturated heterocycles. The summed E-state index contributed by atoms with van der Waals surface area (Å²) in [4.78, 5) is 17.3. The first-order valence-corrected chi connectivity index (χ1v) is 11.0. The van der Waals surface area contributed by atoms with Gasteiger partial charge in [0, 0.05) is 11.6 Å². The summed E-state index contributed by atoms with van der Waals surface area (Å²) in [7, 11) is 0. The third-order valence-corrected chi connectivity index (χ3v) is 5.02. The van der Waals surface area contributed by atoms with Crippen LogP contribution in [0.2, 0.25) is 0 Å². The van der Waals surface area contributed by atoms with Gasteiger partial charge in [-0.2, -0.15) is 0 Å². The molecule has 178 valence electrons. The molecule has 0 spiro atoms. The van der Waals surface area contributed by atoms with E-state index in [4.69, 9.17) is 14.1 Å². The number of hydrogen-bond acceptors (Lipinski definition) is 6. The number of halogens is 1. The van der Waals surface area contributed by atoms with Crippen LogP contribution in [0.25, 0.3) is 28.1 Å². The third-order valence-electron chi connectivity index (χ3n) is 5.02. The van der Waals surface area contributed by atoms with Crippen molar-refractivity contribution in [3.63, 3.8) is 0 Å². The summed E-state index contributed by atoms with van der Waals surface area (Å²) in [6.07, 6.45) is 2.13. The van der Waals surface area contributed by atoms with Crippen LogP contribution in [0.4, 0.5) is 4.39 Å². The zero-order valence-corrected chi connectivity index (χ0v) is 18.9. The lowest BCUT2D eigenvalue weighted by Gasteiger charge is -2.11. The van der Waals surface area contributed by atoms with Crippen molar-refractivity contribution in [2.24, 2.45) is 0 Å². The molecule has 0 radical (unpaired) electrons. The second kappa shape index (κ2) is 11.1. The summed E-state index contributed by atoms with van der Waals surface area (Å²) in [5.74, 6) is -0.780. The maximum Gasteiger partial charge on any atom is 0.336 e. The molecule has 0 aliphatic heterocycles. The van der Waals surface area contributed by atoms with Gasteiger partial charge in [0.05, 0.1) is 12.2 Å². The van der Waals surface area contributed by atoms with E-state index >= 15 is 0 Å². The number of rotatable bonds is 10. The van der Waals surface area contributed by atoms with Gasteiger partial charge in [0.1, 0.15) is 29.2 Å². The number of nitrogens with one attached hydrogen (secondary N) is 1. The number of benzene rings is 3. The normalized spacial score (nSPS) is 11.3. The molecule has 0 atom stereocenters. The Labute approximate surface area is 201 Å². The number of ether oxygens (including phenoxy) is 1. The summed E-state index contributed by atoms with van der Waals surface area (Å²) in [6, 6.07) is 21.6. The van der Waals surface area contributed by atoms with Gasteiger partial charge >= 0.3 is 5.97 Å². The molecule has 2 N–H and O–H groups in total. The van der Waals surface area contributed by atoms with Crippen molar-refractivity contribution in [3.05, 3.63) is 102 Å². The summed E-state index contributed by atoms with van der Waals surface area (Å²) in [5.41, 5.74) is 5.78. The van der Waals surface area contributed by atoms with Crippen molar-refractivity contribution >= 4 is 11.7 Å². The molecule has 35 heavy (non-hydrogen) atoms. The van der Waals surface area contributed by atoms with E-state index in [2.05, 4.69) is 10.6 Å². The van der Waals surface area contributed by atoms with Crippen molar-refractivity contribution in [1.29, 1.82) is 0 Å². The predicted molar refractivity (Wildman–Crippen MR) is 129 cm³/mol. The standard InChI is InChI=1S/C27H23FN2O5/c1-2-14-34-29-25(26-16-24(30-35-26)19-8-10-20(28)11-9-19)17-33-21-12-13-22(23(15-21)27(31)32)18-6-4-3-5-7-18/h3-13,15-17,29H,2,14H2,1H3,(H,31,32). The molecule has 0 aliphatic rings. The summed E-state index contributed by atoms with van der Waals surface area (Å²) in [5, 5.41) is 13.8. The molecule has 0 fully saturated rings. The van der Waals surface area contributed by atoms with Crippen LogP contribution in [0.15, 0.2) is 89.6 Å². The second-order valence-corrected chi connectivity index (χ2v) is 7.56. The molecule has 0 aliphatic carbocycles. The SMILES string of the molecule is CCCONC(=COc1ccc(-c2ccccc2)c(C(=O)O)c1)c1cc(-c2ccc(F)cc2)no1. The highest BCUT2D eigenvalue weighted by Crippen LogP contribution is 2.28. The molecule has 8 heteroatoms. The topological polar surface area (TPSA) is 93.8 Å². The van der Waals surface area contributed by atoms with Gasteiger partial charge in [0.2, 0.25) is 0 Å². The van der Waals surface area contributed by atoms with Gasteiger partial charge in [-0.15, -0.1) is 0 Å². The molecule has 0 unspecified atom stereocenters. The molecule has 3 aromatic carbocycles. The van der Waals surface area contributed by atoms with Gasteiger partial charge in [-0.3, -0.25) is 10.3 Å². The fraction of sp³-hybridized carbons (Fsp3) is 0.111. The molecule has 0 bridgehead atoms. The Bertz CT molecular complexity index is 1320. The Balaban J connectivity index is 1.61. The van der Waals surface area contributed by atoms with Crippen LogP contribution >= 0.6 is 0 Å². The van der Waals surface area contributed by atoms with Crippen LogP contribution in [-0.4, -0.2) is 22.8 Å². The van der Waals surface area contributed by atoms with Crippen molar-refractivity contribution in [2.45, 2.75) is 13.3 Å². The van der Waals surface area contributed by atoms with Crippen LogP contribution in [0.3, 0.4) is 0 Å². The summed E-state index contributed by atoms with van der Waals surface area (Å²) in [6.45, 7) is 2.40. The number of hydroxylamine groups is 1. The van der Waals surface area contributed by atoms with E-state index in [1.165, 1.54) is 24.5 Å². The van der Waals surface area contributed by atoms with Crippen LogP contribution in [-0.2, 0) is 4.84 Å². The molecule has 0 saturated carbocycles. The zero-order chi connectivity index (χ0) is 24.6. The number of carbonyl (C=O) groups is 1. The van der Waals surface area contributed by atoms with Crippen LogP contribution in [0, 0.1) is 5.82 Å². The lowest BCUT2D eigenvalue weighted by Crippen LogP contribution is -2.14. The van der Waals surface area contributed by atoms with E-state index in [1.807, 2.05) is 37.3 Å². The van der Waals surface area contributed by atoms with Crippen molar-refractivity contribution in [1.82, 2.24) is 10.6 Å². The Hall–Kier alpha value is -4.43. The van der Waals surface area contributed by atoms with Crippen molar-refractivity contribution in [2.75, 3.05) is 6.61 Å². The number of aromatic nitrogens is 1. The molecule has 4 rings (SSSR count). The minimum atomic E-state index is -1.07. The van der Waals surface area contributed by atoms with Gasteiger partial charge in [-0.05, 0) is 60.0 Å². The fourth-order valence-corrected chi connectivity index (χ4v) is 3.29. The fourth-order valence-electron chi connectivity index (χ4n) is 3.29. The van der Waals surface area contributed by atoms with E-state index < -0.39 is 5.97 Å². The average molecular weight is 474 g/mol. The van der Waals surface area contributed by atoms with E-state index in [9.17, 15) is 14.3 Å². The highest BCUT2D eigenvalue weighted by atomic mass is 19.1. The quantitative estimate of drug-likeness (QED) is 0.162. The van der Waals surface area contributed by atoms with Crippen molar-refractivity contribution in [3.8, 4) is 28.1 Å². The van der Waals surface area contributed by atoms with Gasteiger partial charge in [0.25, 0.3) is 0 Å². The predicted octanol–water partition coefficient (Wildman–Crippen LogP) is 6.15. The highest BCUT2D eigenvalue weighted by molar-refractivity contribution is 5.96. The lowest BCUT2D eigenvalue weighted by molar-refractivity contribution is 0.0697. The number of nitrogens with zero attached hydrogens (tertiary/aromatic N) is 1. The molecule has 1 aromatic heterocycles. The van der Waals surface area contributed by atoms with Gasteiger partial charge in [-0.25, -0.2) is 9.18 Å². The third kappa shape index (κ3) is 5.93. The number of carboxylic acid groups (broad SMARTS) is 1. The van der Waals surface area contributed by atoms with Crippen LogP contribution in [0.1, 0.15) is 29.5 Å². The largest absolute Gasteiger partial charge is 0.478 e. The summed E-state index contributed by atoms with van der Waals surface area (Å²) >= 11 is 0. The van der Waals surface area contributed by atoms with Gasteiger partial charge in [0.15, 0.2) is 5.76 Å². The smallest absolute Gasteiger partial charge is 0.336 e. The van der Waals surface area contributed by atoms with E-state index in [-0.39, 0.29) is 11.4 Å². The maximum absolute atomic E-state index is 13.2. The van der Waals surface area contributed by atoms with Gasteiger partial charge in [-0.1, -0.05) is 42.4 Å². The van der Waals surface area contributed by atoms with E-state index in [0.717, 1.165) is 12.0 Å². The van der Waals surface area contributed by atoms with Crippen molar-refractivity contribution < 1.29 is 28.4 Å². The highest BCUT2D eigenvalue weighted by Gasteiger charge is 2.15. The molecular formula is C27H23FN2O5. The minimum Gasteiger partial charge on any atom is -0.478 e. The molecular weight excluding hydrogens is 451 g/mol. The van der Waals surface area contributed by atoms with E-state index in [1.54, 1.807) is 30.3 Å². The Morgan fingerprint density at radius 1 is 1.06 bits per heavy atom. The number of aromatic carboxylic acids is 1. The van der Waals surface area contributed by atoms with Crippen LogP contribution < -0.4 is 10.2 Å². The second-order valence-electron chi connectivity index (χ2n) is 7.56. The first kappa shape index (κ1) is 23.7. The molecule has 7 nitrogen and oxygen atoms in total. The van der Waals surface area contributed by atoms with E-state index in [0.29, 0.717) is 40.6 Å². The first-order valence-electron chi connectivity index (χ1n) is 11.0. The van der Waals surface area contributed by atoms with Gasteiger partial charge < -0.3 is 14.4 Å². The zero-order valence-electron chi connectivity index (χ0n) is 18.9. The Morgan fingerprint density at radius 3 is 2.54 bits per heavy atom.